The summed E-state index contributed by atoms with van der Waals surface area (Å²) < 4.78 is 4.77. The lowest BCUT2D eigenvalue weighted by atomic mass is 10.1. The first-order chi connectivity index (χ1) is 7.41. The minimum absolute atomic E-state index is 0.175. The zero-order valence-electron chi connectivity index (χ0n) is 9.61. The lowest BCUT2D eigenvalue weighted by molar-refractivity contribution is 0.0965. The van der Waals surface area contributed by atoms with Crippen LogP contribution in [0, 0.1) is 6.92 Å². The lowest BCUT2D eigenvalue weighted by Gasteiger charge is -2.08. The lowest BCUT2D eigenvalue weighted by Crippen LogP contribution is -2.20. The molecule has 0 bridgehead atoms. The predicted octanol–water partition coefficient (Wildman–Crippen LogP) is 0.788. The summed E-state index contributed by atoms with van der Waals surface area (Å²) in [6.07, 6.45) is 0.175. The molecule has 0 aliphatic rings. The monoisotopic (exact) mass is 225 g/mol. The maximum absolute atomic E-state index is 11.7. The third-order valence-corrected chi connectivity index (χ3v) is 2.12. The predicted molar refractivity (Wildman–Crippen MR) is 58.9 cm³/mol. The van der Waals surface area contributed by atoms with E-state index in [1.165, 1.54) is 13.0 Å². The van der Waals surface area contributed by atoms with E-state index in [1.54, 1.807) is 0 Å². The van der Waals surface area contributed by atoms with Gasteiger partial charge in [0.1, 0.15) is 17.1 Å². The number of hydrogen-bond donors (Lipinski definition) is 1. The molecule has 16 heavy (non-hydrogen) atoms. The molecule has 0 saturated carbocycles. The van der Waals surface area contributed by atoms with Crippen molar-refractivity contribution < 1.29 is 14.3 Å². The Kier molecular flexibility index (Phi) is 3.84. The maximum atomic E-state index is 11.7. The van der Waals surface area contributed by atoms with Crippen LogP contribution in [0.15, 0.2) is 15.3 Å². The minimum Gasteiger partial charge on any atom is -0.507 e. The standard InChI is InChI=1S/C11H15NO4/c1-7-6-9(14)10(11(15)16-7)8(13)4-5-12(2)3/h6,14H,4-5H2,1-3H3. The van der Waals surface area contributed by atoms with Crippen LogP contribution in [0.5, 0.6) is 5.75 Å². The van der Waals surface area contributed by atoms with E-state index in [0.29, 0.717) is 6.54 Å². The van der Waals surface area contributed by atoms with Gasteiger partial charge in [0.2, 0.25) is 0 Å². The van der Waals surface area contributed by atoms with Crippen molar-refractivity contribution >= 4 is 5.78 Å². The van der Waals surface area contributed by atoms with Crippen molar-refractivity contribution in [1.82, 2.24) is 4.90 Å². The number of nitrogens with zero attached hydrogens (tertiary/aromatic N) is 1. The molecule has 0 atom stereocenters. The van der Waals surface area contributed by atoms with E-state index in [0.717, 1.165) is 0 Å². The van der Waals surface area contributed by atoms with Crippen LogP contribution in [0.25, 0.3) is 0 Å². The second-order valence-corrected chi connectivity index (χ2v) is 3.88. The van der Waals surface area contributed by atoms with Crippen molar-refractivity contribution in [3.63, 3.8) is 0 Å². The van der Waals surface area contributed by atoms with E-state index >= 15 is 0 Å². The normalized spacial score (nSPS) is 10.8. The quantitative estimate of drug-likeness (QED) is 0.767. The third kappa shape index (κ3) is 2.93. The van der Waals surface area contributed by atoms with Gasteiger partial charge >= 0.3 is 5.63 Å². The highest BCUT2D eigenvalue weighted by Crippen LogP contribution is 2.15. The molecule has 0 spiro atoms. The Labute approximate surface area is 93.3 Å². The van der Waals surface area contributed by atoms with Gasteiger partial charge in [0, 0.05) is 19.0 Å². The first-order valence-corrected chi connectivity index (χ1v) is 4.93. The summed E-state index contributed by atoms with van der Waals surface area (Å²) >= 11 is 0. The van der Waals surface area contributed by atoms with Gasteiger partial charge in [0.05, 0.1) is 0 Å². The fraction of sp³-hybridized carbons (Fsp3) is 0.455. The van der Waals surface area contributed by atoms with Crippen LogP contribution in [-0.4, -0.2) is 36.4 Å². The number of ketones is 1. The maximum Gasteiger partial charge on any atom is 0.350 e. The van der Waals surface area contributed by atoms with Crippen LogP contribution in [0.1, 0.15) is 22.5 Å². The van der Waals surface area contributed by atoms with Gasteiger partial charge < -0.3 is 14.4 Å². The fourth-order valence-corrected chi connectivity index (χ4v) is 1.30. The molecule has 88 valence electrons. The van der Waals surface area contributed by atoms with Gasteiger partial charge in [-0.2, -0.15) is 0 Å². The second kappa shape index (κ2) is 4.94. The molecular formula is C11H15NO4. The van der Waals surface area contributed by atoms with E-state index in [1.807, 2.05) is 19.0 Å². The third-order valence-electron chi connectivity index (χ3n) is 2.12. The molecule has 0 amide bonds. The van der Waals surface area contributed by atoms with Crippen molar-refractivity contribution in [2.45, 2.75) is 13.3 Å². The zero-order chi connectivity index (χ0) is 12.3. The number of carbonyl (C=O) groups is 1. The smallest absolute Gasteiger partial charge is 0.350 e. The average Bonchev–Trinajstić information content (AvgIpc) is 2.12. The van der Waals surface area contributed by atoms with Crippen LogP contribution in [0.2, 0.25) is 0 Å². The Hall–Kier alpha value is -1.62. The Morgan fingerprint density at radius 2 is 2.12 bits per heavy atom. The number of hydrogen-bond acceptors (Lipinski definition) is 5. The Bertz CT molecular complexity index is 448. The summed E-state index contributed by atoms with van der Waals surface area (Å²) in [7, 11) is 3.65. The fourth-order valence-electron chi connectivity index (χ4n) is 1.30. The van der Waals surface area contributed by atoms with Crippen LogP contribution in [0.4, 0.5) is 0 Å². The molecule has 0 fully saturated rings. The van der Waals surface area contributed by atoms with Gasteiger partial charge in [0.25, 0.3) is 0 Å². The molecular weight excluding hydrogens is 210 g/mol. The SMILES string of the molecule is Cc1cc(O)c(C(=O)CCN(C)C)c(=O)o1. The van der Waals surface area contributed by atoms with Crippen LogP contribution in [0.3, 0.4) is 0 Å². The average molecular weight is 225 g/mol. The first kappa shape index (κ1) is 12.4. The van der Waals surface area contributed by atoms with E-state index in [4.69, 9.17) is 4.42 Å². The number of aromatic hydroxyl groups is 1. The van der Waals surface area contributed by atoms with Crippen molar-refractivity contribution in [3.8, 4) is 5.75 Å². The van der Waals surface area contributed by atoms with Crippen molar-refractivity contribution in [1.29, 1.82) is 0 Å². The van der Waals surface area contributed by atoms with Gasteiger partial charge in [-0.1, -0.05) is 0 Å². The zero-order valence-corrected chi connectivity index (χ0v) is 9.61. The number of carbonyl (C=O) groups excluding carboxylic acids is 1. The summed E-state index contributed by atoms with van der Waals surface area (Å²) in [5.74, 6) is -0.427. The molecule has 1 aromatic heterocycles. The van der Waals surface area contributed by atoms with E-state index in [-0.39, 0.29) is 23.5 Å². The minimum atomic E-state index is -0.777. The molecule has 0 aliphatic heterocycles. The van der Waals surface area contributed by atoms with Crippen molar-refractivity contribution in [3.05, 3.63) is 27.8 Å². The summed E-state index contributed by atoms with van der Waals surface area (Å²) in [6, 6.07) is 1.27. The highest BCUT2D eigenvalue weighted by atomic mass is 16.4. The number of Topliss-reactive ketones (excluding diaryl/α,β-unsaturated/α-hetero) is 1. The summed E-state index contributed by atoms with van der Waals surface area (Å²) in [5.41, 5.74) is -1.03. The Morgan fingerprint density at radius 1 is 1.50 bits per heavy atom. The summed E-state index contributed by atoms with van der Waals surface area (Å²) in [4.78, 5) is 24.9. The van der Waals surface area contributed by atoms with Crippen LogP contribution >= 0.6 is 0 Å². The van der Waals surface area contributed by atoms with E-state index in [9.17, 15) is 14.7 Å². The van der Waals surface area contributed by atoms with Gasteiger partial charge in [-0.25, -0.2) is 4.79 Å². The molecule has 5 heteroatoms. The molecule has 1 N–H and O–H groups in total. The molecule has 1 rings (SSSR count). The molecule has 0 radical (unpaired) electrons. The van der Waals surface area contributed by atoms with Crippen molar-refractivity contribution in [2.75, 3.05) is 20.6 Å². The largest absolute Gasteiger partial charge is 0.507 e. The van der Waals surface area contributed by atoms with Crippen LogP contribution in [-0.2, 0) is 0 Å². The van der Waals surface area contributed by atoms with Crippen LogP contribution < -0.4 is 5.63 Å². The van der Waals surface area contributed by atoms with Gasteiger partial charge in [0.15, 0.2) is 5.78 Å². The van der Waals surface area contributed by atoms with Gasteiger partial charge in [-0.3, -0.25) is 4.79 Å². The molecule has 0 unspecified atom stereocenters. The highest BCUT2D eigenvalue weighted by Gasteiger charge is 2.17. The van der Waals surface area contributed by atoms with E-state index in [2.05, 4.69) is 0 Å². The molecule has 0 aliphatic carbocycles. The first-order valence-electron chi connectivity index (χ1n) is 4.93. The second-order valence-electron chi connectivity index (χ2n) is 3.88. The van der Waals surface area contributed by atoms with Gasteiger partial charge in [-0.15, -0.1) is 0 Å². The number of aryl methyl sites for hydroxylation is 1. The molecule has 0 aromatic carbocycles. The van der Waals surface area contributed by atoms with Gasteiger partial charge in [-0.05, 0) is 21.0 Å². The summed E-state index contributed by atoms with van der Waals surface area (Å²) in [5, 5.41) is 9.51. The molecule has 0 saturated heterocycles. The Morgan fingerprint density at radius 3 is 2.62 bits per heavy atom. The Balaban J connectivity index is 2.96. The topological polar surface area (TPSA) is 70.8 Å². The van der Waals surface area contributed by atoms with Crippen molar-refractivity contribution in [2.24, 2.45) is 0 Å². The molecule has 1 aromatic rings. The summed E-state index contributed by atoms with van der Waals surface area (Å²) in [6.45, 7) is 2.06. The number of rotatable bonds is 4. The van der Waals surface area contributed by atoms with E-state index < -0.39 is 11.4 Å². The molecule has 1 heterocycles. The highest BCUT2D eigenvalue weighted by molar-refractivity contribution is 5.98. The molecule has 5 nitrogen and oxygen atoms in total.